The van der Waals surface area contributed by atoms with Crippen LogP contribution >= 0.6 is 11.6 Å². The first kappa shape index (κ1) is 11.4. The van der Waals surface area contributed by atoms with E-state index in [2.05, 4.69) is 10.3 Å². The number of rotatable bonds is 2. The van der Waals surface area contributed by atoms with Crippen LogP contribution in [0.15, 0.2) is 12.1 Å². The van der Waals surface area contributed by atoms with E-state index in [1.165, 1.54) is 0 Å². The van der Waals surface area contributed by atoms with Gasteiger partial charge in [0, 0.05) is 6.61 Å². The smallest absolute Gasteiger partial charge is 0.253 e. The molecule has 1 atom stereocenters. The lowest BCUT2D eigenvalue weighted by Crippen LogP contribution is -2.35. The Morgan fingerprint density at radius 1 is 1.62 bits per heavy atom. The van der Waals surface area contributed by atoms with Crippen LogP contribution in [0.5, 0.6) is 0 Å². The quantitative estimate of drug-likeness (QED) is 0.799. The van der Waals surface area contributed by atoms with E-state index in [1.807, 2.05) is 0 Å². The van der Waals surface area contributed by atoms with E-state index >= 15 is 0 Å². The number of hydrogen-bond donors (Lipinski definition) is 1. The third-order valence-electron chi connectivity index (χ3n) is 2.56. The SMILES string of the molecule is Cc1nc(Cl)ccc1C(=O)NC1CCOC1. The number of carbonyl (C=O) groups is 1. The topological polar surface area (TPSA) is 51.2 Å². The van der Waals surface area contributed by atoms with Crippen molar-refractivity contribution in [2.45, 2.75) is 19.4 Å². The van der Waals surface area contributed by atoms with Gasteiger partial charge in [0.2, 0.25) is 0 Å². The first-order valence-electron chi connectivity index (χ1n) is 5.18. The van der Waals surface area contributed by atoms with Gasteiger partial charge < -0.3 is 10.1 Å². The van der Waals surface area contributed by atoms with Crippen LogP contribution in [-0.4, -0.2) is 30.1 Å². The Bertz CT molecular complexity index is 403. The third kappa shape index (κ3) is 2.51. The van der Waals surface area contributed by atoms with Gasteiger partial charge in [-0.15, -0.1) is 0 Å². The number of nitrogens with one attached hydrogen (secondary N) is 1. The van der Waals surface area contributed by atoms with Crippen molar-refractivity contribution in [2.24, 2.45) is 0 Å². The fraction of sp³-hybridized carbons (Fsp3) is 0.455. The highest BCUT2D eigenvalue weighted by Gasteiger charge is 2.19. The van der Waals surface area contributed by atoms with Crippen molar-refractivity contribution in [1.82, 2.24) is 10.3 Å². The van der Waals surface area contributed by atoms with Gasteiger partial charge in [-0.05, 0) is 25.5 Å². The normalized spacial score (nSPS) is 19.8. The second-order valence-electron chi connectivity index (χ2n) is 3.80. The van der Waals surface area contributed by atoms with Crippen LogP contribution < -0.4 is 5.32 Å². The molecule has 0 saturated carbocycles. The van der Waals surface area contributed by atoms with Gasteiger partial charge in [0.05, 0.1) is 23.9 Å². The number of hydrogen-bond acceptors (Lipinski definition) is 3. The zero-order chi connectivity index (χ0) is 11.5. The molecule has 1 aromatic rings. The van der Waals surface area contributed by atoms with E-state index in [1.54, 1.807) is 19.1 Å². The van der Waals surface area contributed by atoms with Gasteiger partial charge in [-0.25, -0.2) is 4.98 Å². The molecule has 0 aromatic carbocycles. The minimum Gasteiger partial charge on any atom is -0.379 e. The van der Waals surface area contributed by atoms with Crippen LogP contribution in [-0.2, 0) is 4.74 Å². The van der Waals surface area contributed by atoms with E-state index in [4.69, 9.17) is 16.3 Å². The van der Waals surface area contributed by atoms with E-state index in [0.717, 1.165) is 6.42 Å². The van der Waals surface area contributed by atoms with E-state index in [-0.39, 0.29) is 11.9 Å². The lowest BCUT2D eigenvalue weighted by Gasteiger charge is -2.11. The zero-order valence-electron chi connectivity index (χ0n) is 9.00. The maximum absolute atomic E-state index is 11.9. The standard InChI is InChI=1S/C11H13ClN2O2/c1-7-9(2-3-10(12)13-7)11(15)14-8-4-5-16-6-8/h2-3,8H,4-6H2,1H3,(H,14,15). The number of ether oxygens (including phenoxy) is 1. The highest BCUT2D eigenvalue weighted by atomic mass is 35.5. The first-order valence-corrected chi connectivity index (χ1v) is 5.56. The minimum atomic E-state index is -0.114. The molecule has 86 valence electrons. The van der Waals surface area contributed by atoms with Crippen LogP contribution in [0.25, 0.3) is 0 Å². The molecule has 1 aliphatic rings. The molecular weight excluding hydrogens is 228 g/mol. The molecule has 16 heavy (non-hydrogen) atoms. The van der Waals surface area contributed by atoms with Crippen LogP contribution in [0.3, 0.4) is 0 Å². The van der Waals surface area contributed by atoms with Gasteiger partial charge in [-0.1, -0.05) is 11.6 Å². The predicted octanol–water partition coefficient (Wildman–Crippen LogP) is 1.56. The average Bonchev–Trinajstić information content (AvgIpc) is 2.70. The van der Waals surface area contributed by atoms with E-state index in [9.17, 15) is 4.79 Å². The Hall–Kier alpha value is -1.13. The molecule has 1 unspecified atom stereocenters. The number of aryl methyl sites for hydroxylation is 1. The van der Waals surface area contributed by atoms with E-state index in [0.29, 0.717) is 29.6 Å². The highest BCUT2D eigenvalue weighted by Crippen LogP contribution is 2.12. The monoisotopic (exact) mass is 240 g/mol. The summed E-state index contributed by atoms with van der Waals surface area (Å²) >= 11 is 5.73. The summed E-state index contributed by atoms with van der Waals surface area (Å²) in [5, 5.41) is 3.31. The fourth-order valence-electron chi connectivity index (χ4n) is 1.68. The van der Waals surface area contributed by atoms with Gasteiger partial charge in [0.15, 0.2) is 0 Å². The molecular formula is C11H13ClN2O2. The van der Waals surface area contributed by atoms with Crippen molar-refractivity contribution in [1.29, 1.82) is 0 Å². The average molecular weight is 241 g/mol. The summed E-state index contributed by atoms with van der Waals surface area (Å²) in [6, 6.07) is 3.42. The third-order valence-corrected chi connectivity index (χ3v) is 2.77. The Kier molecular flexibility index (Phi) is 3.41. The number of pyridine rings is 1. The molecule has 0 bridgehead atoms. The van der Waals surface area contributed by atoms with Gasteiger partial charge in [-0.3, -0.25) is 4.79 Å². The zero-order valence-corrected chi connectivity index (χ0v) is 9.75. The second kappa shape index (κ2) is 4.80. The lowest BCUT2D eigenvalue weighted by molar-refractivity contribution is 0.0929. The van der Waals surface area contributed by atoms with Crippen molar-refractivity contribution in [3.05, 3.63) is 28.5 Å². The number of amides is 1. The number of nitrogens with zero attached hydrogens (tertiary/aromatic N) is 1. The minimum absolute atomic E-state index is 0.113. The van der Waals surface area contributed by atoms with Crippen LogP contribution in [0.2, 0.25) is 5.15 Å². The summed E-state index contributed by atoms with van der Waals surface area (Å²) < 4.78 is 5.19. The van der Waals surface area contributed by atoms with Crippen molar-refractivity contribution >= 4 is 17.5 Å². The predicted molar refractivity (Wildman–Crippen MR) is 60.7 cm³/mol. The maximum Gasteiger partial charge on any atom is 0.253 e. The molecule has 1 aliphatic heterocycles. The molecule has 5 heteroatoms. The Balaban J connectivity index is 2.08. The van der Waals surface area contributed by atoms with Crippen molar-refractivity contribution in [3.63, 3.8) is 0 Å². The molecule has 2 heterocycles. The van der Waals surface area contributed by atoms with Gasteiger partial charge in [0.25, 0.3) is 5.91 Å². The molecule has 0 radical (unpaired) electrons. The summed E-state index contributed by atoms with van der Waals surface area (Å²) in [4.78, 5) is 15.9. The Labute approximate surface area is 99.0 Å². The molecule has 0 spiro atoms. The van der Waals surface area contributed by atoms with Crippen LogP contribution in [0.1, 0.15) is 22.5 Å². The van der Waals surface area contributed by atoms with Gasteiger partial charge >= 0.3 is 0 Å². The summed E-state index contributed by atoms with van der Waals surface area (Å²) in [5.41, 5.74) is 1.21. The van der Waals surface area contributed by atoms with Crippen molar-refractivity contribution in [2.75, 3.05) is 13.2 Å². The Morgan fingerprint density at radius 2 is 2.44 bits per heavy atom. The van der Waals surface area contributed by atoms with E-state index < -0.39 is 0 Å². The molecule has 1 N–H and O–H groups in total. The molecule has 2 rings (SSSR count). The number of carbonyl (C=O) groups excluding carboxylic acids is 1. The van der Waals surface area contributed by atoms with Gasteiger partial charge in [0.1, 0.15) is 5.15 Å². The van der Waals surface area contributed by atoms with Crippen LogP contribution in [0, 0.1) is 6.92 Å². The Morgan fingerprint density at radius 3 is 3.06 bits per heavy atom. The molecule has 0 aliphatic carbocycles. The second-order valence-corrected chi connectivity index (χ2v) is 4.19. The molecule has 4 nitrogen and oxygen atoms in total. The maximum atomic E-state index is 11.9. The fourth-order valence-corrected chi connectivity index (χ4v) is 1.87. The number of halogens is 1. The summed E-state index contributed by atoms with van der Waals surface area (Å²) in [6.07, 6.45) is 0.867. The molecule has 1 fully saturated rings. The van der Waals surface area contributed by atoms with Crippen molar-refractivity contribution < 1.29 is 9.53 Å². The largest absolute Gasteiger partial charge is 0.379 e. The molecule has 1 saturated heterocycles. The summed E-state index contributed by atoms with van der Waals surface area (Å²) in [6.45, 7) is 3.07. The first-order chi connectivity index (χ1) is 7.66. The number of aromatic nitrogens is 1. The molecule has 1 aromatic heterocycles. The summed E-state index contributed by atoms with van der Waals surface area (Å²) in [5.74, 6) is -0.114. The van der Waals surface area contributed by atoms with Gasteiger partial charge in [-0.2, -0.15) is 0 Å². The summed E-state index contributed by atoms with van der Waals surface area (Å²) in [7, 11) is 0. The van der Waals surface area contributed by atoms with Crippen LogP contribution in [0.4, 0.5) is 0 Å². The highest BCUT2D eigenvalue weighted by molar-refractivity contribution is 6.29. The van der Waals surface area contributed by atoms with Crippen molar-refractivity contribution in [3.8, 4) is 0 Å². The lowest BCUT2D eigenvalue weighted by atomic mass is 10.1. The molecule has 1 amide bonds.